The van der Waals surface area contributed by atoms with Gasteiger partial charge < -0.3 is 14.4 Å². The first kappa shape index (κ1) is 23.5. The van der Waals surface area contributed by atoms with E-state index in [0.717, 1.165) is 44.8 Å². The van der Waals surface area contributed by atoms with Crippen molar-refractivity contribution in [3.63, 3.8) is 0 Å². The second-order valence-corrected chi connectivity index (χ2v) is 11.5. The largest absolute Gasteiger partial charge is 0.490 e. The van der Waals surface area contributed by atoms with E-state index < -0.39 is 0 Å². The summed E-state index contributed by atoms with van der Waals surface area (Å²) in [7, 11) is 0. The van der Waals surface area contributed by atoms with Crippen LogP contribution < -0.4 is 9.64 Å². The smallest absolute Gasteiger partial charge is 0.410 e. The van der Waals surface area contributed by atoms with Crippen LogP contribution in [0.15, 0.2) is 42.7 Å². The lowest BCUT2D eigenvalue weighted by Crippen LogP contribution is -2.65. The fourth-order valence-electron chi connectivity index (χ4n) is 6.20. The molecule has 0 N–H and O–H groups in total. The zero-order valence-corrected chi connectivity index (χ0v) is 21.4. The molecule has 6 rings (SSSR count). The van der Waals surface area contributed by atoms with Gasteiger partial charge in [0.25, 0.3) is 0 Å². The highest BCUT2D eigenvalue weighted by Gasteiger charge is 2.54. The van der Waals surface area contributed by atoms with Crippen LogP contribution in [0, 0.1) is 11.3 Å². The van der Waals surface area contributed by atoms with Gasteiger partial charge in [-0.3, -0.25) is 9.80 Å². The number of aromatic nitrogens is 2. The highest BCUT2D eigenvalue weighted by Crippen LogP contribution is 2.50. The summed E-state index contributed by atoms with van der Waals surface area (Å²) in [4.78, 5) is 28.7. The van der Waals surface area contributed by atoms with Gasteiger partial charge in [0.1, 0.15) is 6.10 Å². The molecule has 2 aromatic rings. The minimum atomic E-state index is -0.181. The van der Waals surface area contributed by atoms with Crippen LogP contribution in [0.2, 0.25) is 0 Å². The molecule has 2 aliphatic heterocycles. The Bertz CT molecular complexity index is 1030. The lowest BCUT2D eigenvalue weighted by molar-refractivity contribution is -0.137. The standard InChI is InChI=1S/C28H37N5O3/c1-20-14-32(26-29-12-25(13-30-26)35-17-23-8-9-23)15-21(2)33(20)27(34)36-24-10-28(11-24)18-31(19-28)16-22-6-4-3-5-7-22/h3-7,12-13,20-21,23-24H,8-11,14-19H2,1-2H3/t20-,21+. The number of nitrogens with zero attached hydrogens (tertiary/aromatic N) is 5. The van der Waals surface area contributed by atoms with Crippen LogP contribution in [0.1, 0.15) is 45.1 Å². The molecule has 192 valence electrons. The number of ether oxygens (including phenoxy) is 2. The van der Waals surface area contributed by atoms with E-state index in [2.05, 4.69) is 63.9 Å². The van der Waals surface area contributed by atoms with Gasteiger partial charge in [-0.1, -0.05) is 30.3 Å². The lowest BCUT2D eigenvalue weighted by atomic mass is 9.61. The molecule has 2 saturated carbocycles. The molecule has 1 aromatic carbocycles. The van der Waals surface area contributed by atoms with Gasteiger partial charge in [0.15, 0.2) is 5.75 Å². The van der Waals surface area contributed by atoms with Crippen LogP contribution >= 0.6 is 0 Å². The molecule has 8 heteroatoms. The molecule has 1 aromatic heterocycles. The number of rotatable bonds is 7. The van der Waals surface area contributed by atoms with Crippen molar-refractivity contribution in [1.82, 2.24) is 19.8 Å². The van der Waals surface area contributed by atoms with E-state index in [1.807, 2.05) is 4.90 Å². The number of anilines is 1. The Morgan fingerprint density at radius 1 is 1.03 bits per heavy atom. The molecular formula is C28H37N5O3. The van der Waals surface area contributed by atoms with Gasteiger partial charge >= 0.3 is 6.09 Å². The van der Waals surface area contributed by atoms with Crippen molar-refractivity contribution >= 4 is 12.0 Å². The monoisotopic (exact) mass is 491 g/mol. The summed E-state index contributed by atoms with van der Waals surface area (Å²) in [6, 6.07) is 10.7. The average Bonchev–Trinajstić information content (AvgIpc) is 3.65. The third kappa shape index (κ3) is 5.01. The first-order chi connectivity index (χ1) is 17.5. The Balaban J connectivity index is 0.955. The molecule has 0 unspecified atom stereocenters. The van der Waals surface area contributed by atoms with Crippen LogP contribution in [0.5, 0.6) is 5.75 Å². The van der Waals surface area contributed by atoms with E-state index in [0.29, 0.717) is 30.4 Å². The number of benzene rings is 1. The third-order valence-electron chi connectivity index (χ3n) is 8.17. The van der Waals surface area contributed by atoms with Gasteiger partial charge in [-0.15, -0.1) is 0 Å². The number of hydrogen-bond donors (Lipinski definition) is 0. The molecule has 36 heavy (non-hydrogen) atoms. The minimum absolute atomic E-state index is 0.0229. The molecule has 1 spiro atoms. The van der Waals surface area contributed by atoms with Crippen molar-refractivity contribution in [2.75, 3.05) is 37.7 Å². The van der Waals surface area contributed by atoms with Crippen LogP contribution in [0.25, 0.3) is 0 Å². The Kier molecular flexibility index (Phi) is 6.23. The predicted molar refractivity (Wildman–Crippen MR) is 137 cm³/mol. The minimum Gasteiger partial charge on any atom is -0.490 e. The Morgan fingerprint density at radius 2 is 1.69 bits per heavy atom. The Labute approximate surface area is 213 Å². The number of likely N-dealkylation sites (tertiary alicyclic amines) is 1. The quantitative estimate of drug-likeness (QED) is 0.580. The maximum atomic E-state index is 13.1. The second-order valence-electron chi connectivity index (χ2n) is 11.5. The zero-order valence-electron chi connectivity index (χ0n) is 21.4. The van der Waals surface area contributed by atoms with Gasteiger partial charge in [-0.25, -0.2) is 14.8 Å². The number of hydrogen-bond acceptors (Lipinski definition) is 7. The molecule has 0 bridgehead atoms. The van der Waals surface area contributed by atoms with Crippen LogP contribution in [-0.2, 0) is 11.3 Å². The first-order valence-corrected chi connectivity index (χ1v) is 13.4. The van der Waals surface area contributed by atoms with Gasteiger partial charge in [-0.2, -0.15) is 0 Å². The fourth-order valence-corrected chi connectivity index (χ4v) is 6.20. The van der Waals surface area contributed by atoms with E-state index in [-0.39, 0.29) is 24.3 Å². The van der Waals surface area contributed by atoms with Crippen LogP contribution in [0.4, 0.5) is 10.7 Å². The van der Waals surface area contributed by atoms with Crippen molar-refractivity contribution in [1.29, 1.82) is 0 Å². The summed E-state index contributed by atoms with van der Waals surface area (Å²) in [6.07, 6.45) is 7.86. The molecule has 0 radical (unpaired) electrons. The number of amides is 1. The van der Waals surface area contributed by atoms with Crippen LogP contribution in [-0.4, -0.2) is 76.8 Å². The molecule has 4 aliphatic rings. The van der Waals surface area contributed by atoms with E-state index >= 15 is 0 Å². The highest BCUT2D eigenvalue weighted by atomic mass is 16.6. The summed E-state index contributed by atoms with van der Waals surface area (Å²) in [5.41, 5.74) is 1.71. The maximum absolute atomic E-state index is 13.1. The molecule has 3 heterocycles. The Hall–Kier alpha value is -2.87. The topological polar surface area (TPSA) is 71.0 Å². The summed E-state index contributed by atoms with van der Waals surface area (Å²) in [5.74, 6) is 2.11. The van der Waals surface area contributed by atoms with Crippen molar-refractivity contribution in [2.24, 2.45) is 11.3 Å². The average molecular weight is 492 g/mol. The van der Waals surface area contributed by atoms with Gasteiger partial charge in [0.05, 0.1) is 31.1 Å². The SMILES string of the molecule is C[C@@H]1CN(c2ncc(OCC3CC3)cn2)C[C@H](C)N1C(=O)OC1CC2(C1)CN(Cc1ccccc1)C2. The normalized spacial score (nSPS) is 25.8. The highest BCUT2D eigenvalue weighted by molar-refractivity contribution is 5.69. The number of piperazine rings is 1. The summed E-state index contributed by atoms with van der Waals surface area (Å²) >= 11 is 0. The second kappa shape index (κ2) is 9.54. The maximum Gasteiger partial charge on any atom is 0.410 e. The molecule has 2 saturated heterocycles. The molecule has 2 aliphatic carbocycles. The van der Waals surface area contributed by atoms with E-state index in [4.69, 9.17) is 9.47 Å². The molecule has 2 atom stereocenters. The van der Waals surface area contributed by atoms with E-state index in [1.54, 1.807) is 12.4 Å². The lowest BCUT2D eigenvalue weighted by Gasteiger charge is -2.58. The van der Waals surface area contributed by atoms with E-state index in [9.17, 15) is 4.79 Å². The fraction of sp³-hybridized carbons (Fsp3) is 0.607. The van der Waals surface area contributed by atoms with Crippen LogP contribution in [0.3, 0.4) is 0 Å². The molecule has 4 fully saturated rings. The molecule has 1 amide bonds. The molecule has 8 nitrogen and oxygen atoms in total. The van der Waals surface area contributed by atoms with Crippen molar-refractivity contribution in [3.05, 3.63) is 48.3 Å². The van der Waals surface area contributed by atoms with Crippen molar-refractivity contribution in [2.45, 2.75) is 64.3 Å². The summed E-state index contributed by atoms with van der Waals surface area (Å²) in [6.45, 7) is 9.49. The predicted octanol–water partition coefficient (Wildman–Crippen LogP) is 3.97. The van der Waals surface area contributed by atoms with Crippen molar-refractivity contribution in [3.8, 4) is 5.75 Å². The van der Waals surface area contributed by atoms with Gasteiger partial charge in [0.2, 0.25) is 5.95 Å². The summed E-state index contributed by atoms with van der Waals surface area (Å²) < 4.78 is 11.7. The summed E-state index contributed by atoms with van der Waals surface area (Å²) in [5, 5.41) is 0. The van der Waals surface area contributed by atoms with Gasteiger partial charge in [-0.05, 0) is 51.0 Å². The molecular weight excluding hydrogens is 454 g/mol. The first-order valence-electron chi connectivity index (χ1n) is 13.4. The zero-order chi connectivity index (χ0) is 24.7. The third-order valence-corrected chi connectivity index (χ3v) is 8.17. The van der Waals surface area contributed by atoms with Gasteiger partial charge in [0, 0.05) is 38.1 Å². The number of carbonyl (C=O) groups excluding carboxylic acids is 1. The van der Waals surface area contributed by atoms with E-state index in [1.165, 1.54) is 18.4 Å². The Morgan fingerprint density at radius 3 is 2.33 bits per heavy atom. The number of carbonyl (C=O) groups is 1. The van der Waals surface area contributed by atoms with Crippen molar-refractivity contribution < 1.29 is 14.3 Å².